The molecule has 0 saturated heterocycles. The number of fused-ring (bicyclic) bond motifs is 1. The molecule has 0 spiro atoms. The van der Waals surface area contributed by atoms with Crippen molar-refractivity contribution in [2.75, 3.05) is 5.32 Å². The summed E-state index contributed by atoms with van der Waals surface area (Å²) in [7, 11) is 0. The van der Waals surface area contributed by atoms with Crippen LogP contribution >= 0.6 is 11.3 Å². The van der Waals surface area contributed by atoms with Crippen LogP contribution in [0.2, 0.25) is 0 Å². The molecule has 1 heterocycles. The number of hydrogen-bond acceptors (Lipinski definition) is 3. The predicted molar refractivity (Wildman–Crippen MR) is 85.0 cm³/mol. The maximum absolute atomic E-state index is 9.17. The summed E-state index contributed by atoms with van der Waals surface area (Å²) in [5.41, 5.74) is 1.80. The van der Waals surface area contributed by atoms with Gasteiger partial charge >= 0.3 is 0 Å². The van der Waals surface area contributed by atoms with Gasteiger partial charge in [-0.05, 0) is 31.2 Å². The maximum atomic E-state index is 9.17. The normalized spacial score (nSPS) is 10.4. The smallest absolute Gasteiger partial charge is 0.0998 e. The number of benzene rings is 2. The van der Waals surface area contributed by atoms with Crippen LogP contribution in [0.25, 0.3) is 10.8 Å². The van der Waals surface area contributed by atoms with Crippen LogP contribution < -0.4 is 5.32 Å². The van der Waals surface area contributed by atoms with Crippen molar-refractivity contribution >= 4 is 27.8 Å². The van der Waals surface area contributed by atoms with Crippen molar-refractivity contribution in [1.29, 1.82) is 5.26 Å². The zero-order valence-electron chi connectivity index (χ0n) is 11.2. The van der Waals surface area contributed by atoms with Gasteiger partial charge in [0.2, 0.25) is 0 Å². The quantitative estimate of drug-likeness (QED) is 0.754. The highest BCUT2D eigenvalue weighted by atomic mass is 32.1. The molecule has 0 aliphatic heterocycles. The zero-order chi connectivity index (χ0) is 13.9. The topological polar surface area (TPSA) is 35.8 Å². The van der Waals surface area contributed by atoms with Gasteiger partial charge in [-0.25, -0.2) is 0 Å². The molecule has 1 N–H and O–H groups in total. The first-order valence-corrected chi connectivity index (χ1v) is 7.30. The van der Waals surface area contributed by atoms with E-state index >= 15 is 0 Å². The molecule has 0 radical (unpaired) electrons. The Hall–Kier alpha value is -2.31. The molecule has 20 heavy (non-hydrogen) atoms. The van der Waals surface area contributed by atoms with Crippen molar-refractivity contribution in [2.45, 2.75) is 13.5 Å². The van der Waals surface area contributed by atoms with Gasteiger partial charge in [-0.2, -0.15) is 5.26 Å². The van der Waals surface area contributed by atoms with E-state index in [1.54, 1.807) is 11.3 Å². The van der Waals surface area contributed by atoms with Crippen LogP contribution in [-0.2, 0) is 6.54 Å². The van der Waals surface area contributed by atoms with Gasteiger partial charge in [0.05, 0.1) is 11.6 Å². The number of aryl methyl sites for hydroxylation is 1. The second-order valence-electron chi connectivity index (χ2n) is 4.68. The van der Waals surface area contributed by atoms with E-state index in [0.717, 1.165) is 28.6 Å². The van der Waals surface area contributed by atoms with Gasteiger partial charge in [-0.3, -0.25) is 0 Å². The van der Waals surface area contributed by atoms with Crippen LogP contribution in [-0.4, -0.2) is 0 Å². The molecule has 0 saturated carbocycles. The van der Waals surface area contributed by atoms with Crippen LogP contribution in [0.15, 0.2) is 48.5 Å². The fourth-order valence-corrected chi connectivity index (χ4v) is 3.14. The molecule has 98 valence electrons. The number of anilines is 1. The standard InChI is InChI=1S/C17H14N2S/c1-12-6-8-14(20-12)11-19-17-9-7-13(10-18)15-4-2-3-5-16(15)17/h2-9,19H,11H2,1H3. The third-order valence-corrected chi connectivity index (χ3v) is 4.29. The highest BCUT2D eigenvalue weighted by Gasteiger charge is 2.05. The minimum absolute atomic E-state index is 0.720. The van der Waals surface area contributed by atoms with Gasteiger partial charge < -0.3 is 5.32 Å². The highest BCUT2D eigenvalue weighted by Crippen LogP contribution is 2.27. The van der Waals surface area contributed by atoms with Gasteiger partial charge in [-0.15, -0.1) is 11.3 Å². The van der Waals surface area contributed by atoms with Crippen LogP contribution in [0.1, 0.15) is 15.3 Å². The van der Waals surface area contributed by atoms with E-state index in [4.69, 9.17) is 5.26 Å². The summed E-state index contributed by atoms with van der Waals surface area (Å²) in [5.74, 6) is 0. The van der Waals surface area contributed by atoms with E-state index in [9.17, 15) is 0 Å². The van der Waals surface area contributed by atoms with Crippen molar-refractivity contribution in [3.63, 3.8) is 0 Å². The summed E-state index contributed by atoms with van der Waals surface area (Å²) >= 11 is 1.81. The molecule has 1 aromatic heterocycles. The summed E-state index contributed by atoms with van der Waals surface area (Å²) in [6.45, 7) is 2.93. The van der Waals surface area contributed by atoms with Crippen molar-refractivity contribution in [3.8, 4) is 6.07 Å². The molecule has 0 amide bonds. The number of hydrogen-bond donors (Lipinski definition) is 1. The molecule has 3 heteroatoms. The molecule has 3 aromatic rings. The van der Waals surface area contributed by atoms with Crippen molar-refractivity contribution in [2.24, 2.45) is 0 Å². The lowest BCUT2D eigenvalue weighted by Gasteiger charge is -2.10. The average Bonchev–Trinajstić information content (AvgIpc) is 2.90. The van der Waals surface area contributed by atoms with E-state index in [1.165, 1.54) is 9.75 Å². The number of rotatable bonds is 3. The molecule has 0 aliphatic rings. The van der Waals surface area contributed by atoms with Gasteiger partial charge in [-0.1, -0.05) is 24.3 Å². The lowest BCUT2D eigenvalue weighted by molar-refractivity contribution is 1.20. The Morgan fingerprint density at radius 3 is 2.55 bits per heavy atom. The first-order chi connectivity index (χ1) is 9.78. The Kier molecular flexibility index (Phi) is 3.41. The Morgan fingerprint density at radius 2 is 1.85 bits per heavy atom. The molecule has 0 unspecified atom stereocenters. The summed E-state index contributed by atoms with van der Waals surface area (Å²) in [6.07, 6.45) is 0. The van der Waals surface area contributed by atoms with Gasteiger partial charge in [0.25, 0.3) is 0 Å². The Morgan fingerprint density at radius 1 is 1.05 bits per heavy atom. The van der Waals surface area contributed by atoms with E-state index in [0.29, 0.717) is 0 Å². The van der Waals surface area contributed by atoms with Crippen LogP contribution in [0.5, 0.6) is 0 Å². The van der Waals surface area contributed by atoms with Crippen LogP contribution in [0, 0.1) is 18.3 Å². The molecule has 3 rings (SSSR count). The van der Waals surface area contributed by atoms with Crippen molar-refractivity contribution in [1.82, 2.24) is 0 Å². The molecule has 0 atom stereocenters. The Bertz CT molecular complexity index is 796. The average molecular weight is 278 g/mol. The first-order valence-electron chi connectivity index (χ1n) is 6.49. The number of nitrogens with one attached hydrogen (secondary N) is 1. The van der Waals surface area contributed by atoms with E-state index in [1.807, 2.05) is 30.3 Å². The zero-order valence-corrected chi connectivity index (χ0v) is 12.0. The van der Waals surface area contributed by atoms with Gasteiger partial charge in [0, 0.05) is 32.8 Å². The molecular weight excluding hydrogens is 264 g/mol. The maximum Gasteiger partial charge on any atom is 0.0998 e. The van der Waals surface area contributed by atoms with Crippen LogP contribution in [0.4, 0.5) is 5.69 Å². The third kappa shape index (κ3) is 2.38. The summed E-state index contributed by atoms with van der Waals surface area (Å²) in [6, 6.07) is 18.4. The molecular formula is C17H14N2S. The SMILES string of the molecule is Cc1ccc(CNc2ccc(C#N)c3ccccc23)s1. The molecule has 0 fully saturated rings. The van der Waals surface area contributed by atoms with E-state index < -0.39 is 0 Å². The van der Waals surface area contributed by atoms with E-state index in [-0.39, 0.29) is 0 Å². The lowest BCUT2D eigenvalue weighted by atomic mass is 10.0. The van der Waals surface area contributed by atoms with Gasteiger partial charge in [0.1, 0.15) is 0 Å². The second-order valence-corrected chi connectivity index (χ2v) is 6.06. The van der Waals surface area contributed by atoms with E-state index in [2.05, 4.69) is 36.5 Å². The largest absolute Gasteiger partial charge is 0.380 e. The lowest BCUT2D eigenvalue weighted by Crippen LogP contribution is -1.98. The predicted octanol–water partition coefficient (Wildman–Crippen LogP) is 4.69. The first kappa shape index (κ1) is 12.7. The van der Waals surface area contributed by atoms with Crippen LogP contribution in [0.3, 0.4) is 0 Å². The highest BCUT2D eigenvalue weighted by molar-refractivity contribution is 7.11. The molecule has 2 aromatic carbocycles. The Labute approximate surface area is 122 Å². The fraction of sp³-hybridized carbons (Fsp3) is 0.118. The molecule has 2 nitrogen and oxygen atoms in total. The third-order valence-electron chi connectivity index (χ3n) is 3.29. The number of nitrogens with zero attached hydrogens (tertiary/aromatic N) is 1. The molecule has 0 aliphatic carbocycles. The summed E-state index contributed by atoms with van der Waals surface area (Å²) in [4.78, 5) is 2.64. The fourth-order valence-electron chi connectivity index (χ4n) is 2.31. The summed E-state index contributed by atoms with van der Waals surface area (Å²) < 4.78 is 0. The number of thiophene rings is 1. The minimum atomic E-state index is 0.720. The van der Waals surface area contributed by atoms with Gasteiger partial charge in [0.15, 0.2) is 0 Å². The second kappa shape index (κ2) is 5.36. The van der Waals surface area contributed by atoms with Crippen molar-refractivity contribution in [3.05, 3.63) is 63.8 Å². The van der Waals surface area contributed by atoms with Crippen molar-refractivity contribution < 1.29 is 0 Å². The summed E-state index contributed by atoms with van der Waals surface area (Å²) in [5, 5.41) is 14.7. The molecule has 0 bridgehead atoms. The Balaban J connectivity index is 1.94. The number of nitriles is 1. The minimum Gasteiger partial charge on any atom is -0.380 e. The monoisotopic (exact) mass is 278 g/mol.